The highest BCUT2D eigenvalue weighted by atomic mass is 32.1. The van der Waals surface area contributed by atoms with E-state index in [-0.39, 0.29) is 12.1 Å². The van der Waals surface area contributed by atoms with Gasteiger partial charge in [-0.2, -0.15) is 0 Å². The van der Waals surface area contributed by atoms with E-state index in [4.69, 9.17) is 5.11 Å². The zero-order chi connectivity index (χ0) is 17.8. The Hall–Kier alpha value is -3.07. The molecular weight excluding hydrogens is 344 g/mol. The predicted octanol–water partition coefficient (Wildman–Crippen LogP) is 3.54. The van der Waals surface area contributed by atoms with Crippen molar-refractivity contribution in [3.8, 4) is 11.1 Å². The van der Waals surface area contributed by atoms with Crippen molar-refractivity contribution < 1.29 is 14.8 Å². The highest BCUT2D eigenvalue weighted by molar-refractivity contribution is 7.17. The Labute approximate surface area is 146 Å². The van der Waals surface area contributed by atoms with Crippen molar-refractivity contribution in [3.63, 3.8) is 0 Å². The van der Waals surface area contributed by atoms with Gasteiger partial charge in [-0.05, 0) is 12.0 Å². The molecule has 0 unspecified atom stereocenters. The van der Waals surface area contributed by atoms with Crippen LogP contribution in [0, 0.1) is 10.1 Å². The van der Waals surface area contributed by atoms with Crippen LogP contribution in [-0.4, -0.2) is 32.5 Å². The average Bonchev–Trinajstić information content (AvgIpc) is 3.03. The number of carbonyl (C=O) groups is 1. The number of benzene rings is 1. The first-order valence-corrected chi connectivity index (χ1v) is 8.37. The lowest BCUT2D eigenvalue weighted by molar-refractivity contribution is -0.384. The predicted molar refractivity (Wildman–Crippen MR) is 94.9 cm³/mol. The summed E-state index contributed by atoms with van der Waals surface area (Å²) in [6.45, 7) is 0.461. The molecule has 0 saturated carbocycles. The molecule has 0 spiro atoms. The topological polar surface area (TPSA) is 118 Å². The molecule has 2 heterocycles. The number of carboxylic acid groups (broad SMARTS) is 1. The molecule has 25 heavy (non-hydrogen) atoms. The number of fused-ring (bicyclic) bond motifs is 1. The van der Waals surface area contributed by atoms with Crippen LogP contribution < -0.4 is 5.32 Å². The summed E-state index contributed by atoms with van der Waals surface area (Å²) < 4.78 is 0. The fourth-order valence-electron chi connectivity index (χ4n) is 2.46. The summed E-state index contributed by atoms with van der Waals surface area (Å²) in [6, 6.07) is 6.40. The molecule has 0 amide bonds. The molecule has 0 aliphatic heterocycles. The number of aliphatic carboxylic acids is 1. The lowest BCUT2D eigenvalue weighted by Gasteiger charge is -2.07. The molecule has 0 aliphatic carbocycles. The molecule has 0 aliphatic rings. The molecule has 8 nitrogen and oxygen atoms in total. The van der Waals surface area contributed by atoms with Gasteiger partial charge in [0.05, 0.1) is 10.3 Å². The highest BCUT2D eigenvalue weighted by Gasteiger charge is 2.15. The molecule has 9 heteroatoms. The van der Waals surface area contributed by atoms with Crippen LogP contribution in [0.15, 0.2) is 36.0 Å². The maximum absolute atomic E-state index is 11.0. The fourth-order valence-corrected chi connectivity index (χ4v) is 3.37. The standard InChI is InChI=1S/C16H14N4O4S/c21-13(22)5-2-6-17-15-14-12(8-25-16(14)19-9-18-15)10-3-1-4-11(7-10)20(23)24/h1,3-4,7-9H,2,5-6H2,(H,21,22)(H,17,18,19). The van der Waals surface area contributed by atoms with Crippen LogP contribution in [0.1, 0.15) is 12.8 Å². The molecule has 0 fully saturated rings. The maximum Gasteiger partial charge on any atom is 0.303 e. The Bertz CT molecular complexity index is 941. The second-order valence-corrected chi connectivity index (χ2v) is 6.14. The summed E-state index contributed by atoms with van der Waals surface area (Å²) in [5, 5.41) is 25.5. The third-order valence-corrected chi connectivity index (χ3v) is 4.48. The van der Waals surface area contributed by atoms with Gasteiger partial charge in [0, 0.05) is 36.0 Å². The number of nitrogens with one attached hydrogen (secondary N) is 1. The van der Waals surface area contributed by atoms with Gasteiger partial charge >= 0.3 is 5.97 Å². The molecule has 3 aromatic rings. The second-order valence-electron chi connectivity index (χ2n) is 5.28. The zero-order valence-corrected chi connectivity index (χ0v) is 13.8. The van der Waals surface area contributed by atoms with Crippen LogP contribution in [-0.2, 0) is 4.79 Å². The van der Waals surface area contributed by atoms with Gasteiger partial charge in [0.15, 0.2) is 0 Å². The van der Waals surface area contributed by atoms with E-state index in [1.54, 1.807) is 12.1 Å². The normalized spacial score (nSPS) is 10.7. The Morgan fingerprint density at radius 1 is 1.36 bits per heavy atom. The quantitative estimate of drug-likeness (QED) is 0.377. The van der Waals surface area contributed by atoms with Crippen LogP contribution in [0.2, 0.25) is 0 Å². The van der Waals surface area contributed by atoms with E-state index in [0.717, 1.165) is 15.8 Å². The first-order valence-electron chi connectivity index (χ1n) is 7.49. The molecule has 1 aromatic carbocycles. The van der Waals surface area contributed by atoms with Crippen LogP contribution in [0.4, 0.5) is 11.5 Å². The number of anilines is 1. The number of nitro benzene ring substituents is 1. The first-order chi connectivity index (χ1) is 12.1. The van der Waals surface area contributed by atoms with Crippen LogP contribution >= 0.6 is 11.3 Å². The smallest absolute Gasteiger partial charge is 0.303 e. The molecule has 0 saturated heterocycles. The van der Waals surface area contributed by atoms with Crippen LogP contribution in [0.5, 0.6) is 0 Å². The van der Waals surface area contributed by atoms with Gasteiger partial charge in [-0.15, -0.1) is 11.3 Å². The molecule has 0 atom stereocenters. The van der Waals surface area contributed by atoms with Gasteiger partial charge in [0.25, 0.3) is 5.69 Å². The minimum atomic E-state index is -0.845. The van der Waals surface area contributed by atoms with Gasteiger partial charge < -0.3 is 10.4 Å². The monoisotopic (exact) mass is 358 g/mol. The molecule has 3 rings (SSSR count). The second kappa shape index (κ2) is 7.22. The number of thiophene rings is 1. The third-order valence-electron chi connectivity index (χ3n) is 3.60. The number of hydrogen-bond donors (Lipinski definition) is 2. The molecule has 0 radical (unpaired) electrons. The molecule has 2 N–H and O–H groups in total. The summed E-state index contributed by atoms with van der Waals surface area (Å²) in [4.78, 5) is 30.4. The third kappa shape index (κ3) is 3.72. The number of hydrogen-bond acceptors (Lipinski definition) is 7. The lowest BCUT2D eigenvalue weighted by atomic mass is 10.1. The van der Waals surface area contributed by atoms with E-state index in [9.17, 15) is 14.9 Å². The van der Waals surface area contributed by atoms with E-state index in [1.807, 2.05) is 5.38 Å². The Kier molecular flexibility index (Phi) is 4.85. The van der Waals surface area contributed by atoms with Crippen molar-refractivity contribution in [1.29, 1.82) is 0 Å². The van der Waals surface area contributed by atoms with Gasteiger partial charge in [-0.1, -0.05) is 12.1 Å². The molecule has 0 bridgehead atoms. The summed E-state index contributed by atoms with van der Waals surface area (Å²) in [7, 11) is 0. The zero-order valence-electron chi connectivity index (χ0n) is 13.0. The lowest BCUT2D eigenvalue weighted by Crippen LogP contribution is -2.06. The number of non-ortho nitro benzene ring substituents is 1. The van der Waals surface area contributed by atoms with Gasteiger partial charge in [-0.25, -0.2) is 9.97 Å². The summed E-state index contributed by atoms with van der Waals surface area (Å²) in [5.74, 6) is -0.249. The van der Waals surface area contributed by atoms with Gasteiger partial charge in [0.1, 0.15) is 17.0 Å². The van der Waals surface area contributed by atoms with E-state index in [1.165, 1.54) is 29.8 Å². The summed E-state index contributed by atoms with van der Waals surface area (Å²) in [6.07, 6.45) is 1.98. The first kappa shape index (κ1) is 16.8. The minimum Gasteiger partial charge on any atom is -0.481 e. The largest absolute Gasteiger partial charge is 0.481 e. The summed E-state index contributed by atoms with van der Waals surface area (Å²) in [5.41, 5.74) is 1.54. The van der Waals surface area contributed by atoms with E-state index in [2.05, 4.69) is 15.3 Å². The highest BCUT2D eigenvalue weighted by Crippen LogP contribution is 2.37. The SMILES string of the molecule is O=C(O)CCCNc1ncnc2scc(-c3cccc([N+](=O)[O-])c3)c12. The summed E-state index contributed by atoms with van der Waals surface area (Å²) >= 11 is 1.43. The Morgan fingerprint density at radius 2 is 2.20 bits per heavy atom. The van der Waals surface area contributed by atoms with Crippen LogP contribution in [0.3, 0.4) is 0 Å². The van der Waals surface area contributed by atoms with Crippen molar-refractivity contribution in [3.05, 3.63) is 46.1 Å². The van der Waals surface area contributed by atoms with E-state index >= 15 is 0 Å². The fraction of sp³-hybridized carbons (Fsp3) is 0.188. The maximum atomic E-state index is 11.0. The van der Waals surface area contributed by atoms with Crippen molar-refractivity contribution >= 4 is 39.0 Å². The van der Waals surface area contributed by atoms with Gasteiger partial charge in [-0.3, -0.25) is 14.9 Å². The molecular formula is C16H14N4O4S. The molecule has 2 aromatic heterocycles. The van der Waals surface area contributed by atoms with Crippen molar-refractivity contribution in [1.82, 2.24) is 9.97 Å². The Balaban J connectivity index is 1.95. The van der Waals surface area contributed by atoms with Crippen molar-refractivity contribution in [2.24, 2.45) is 0 Å². The average molecular weight is 358 g/mol. The van der Waals surface area contributed by atoms with Crippen molar-refractivity contribution in [2.45, 2.75) is 12.8 Å². The number of rotatable bonds is 7. The van der Waals surface area contributed by atoms with Crippen molar-refractivity contribution in [2.75, 3.05) is 11.9 Å². The van der Waals surface area contributed by atoms with E-state index < -0.39 is 10.9 Å². The number of nitrogens with zero attached hydrogens (tertiary/aromatic N) is 3. The Morgan fingerprint density at radius 3 is 2.96 bits per heavy atom. The van der Waals surface area contributed by atoms with E-state index in [0.29, 0.717) is 24.3 Å². The minimum absolute atomic E-state index is 0.0182. The molecule has 128 valence electrons. The number of aromatic nitrogens is 2. The number of nitro groups is 1. The van der Waals surface area contributed by atoms with Crippen LogP contribution in [0.25, 0.3) is 21.3 Å². The van der Waals surface area contributed by atoms with Gasteiger partial charge in [0.2, 0.25) is 0 Å². The number of carboxylic acids is 1.